The molecular weight excluding hydrogens is 442 g/mol. The van der Waals surface area contributed by atoms with Gasteiger partial charge in [0.15, 0.2) is 0 Å². The van der Waals surface area contributed by atoms with Crippen LogP contribution < -0.4 is 5.73 Å². The number of nitrogens with zero attached hydrogens (tertiary/aromatic N) is 4. The predicted molar refractivity (Wildman–Crippen MR) is 127 cm³/mol. The number of carboxylic acids is 2. The zero-order chi connectivity index (χ0) is 24.9. The van der Waals surface area contributed by atoms with Gasteiger partial charge in [0.25, 0.3) is 0 Å². The Hall–Kier alpha value is -2.86. The molecule has 0 amide bonds. The lowest BCUT2D eigenvalue weighted by Gasteiger charge is -2.37. The molecule has 188 valence electrons. The normalized spacial score (nSPS) is 20.2. The maximum Gasteiger partial charge on any atom is 0.317 e. The number of aliphatic carboxylic acids is 2. The van der Waals surface area contributed by atoms with Crippen molar-refractivity contribution in [3.05, 3.63) is 29.8 Å². The molecular formula is C23H35N5O6. The van der Waals surface area contributed by atoms with Crippen molar-refractivity contribution in [2.45, 2.75) is 12.5 Å². The molecule has 0 aliphatic carbocycles. The number of rotatable bonds is 10. The summed E-state index contributed by atoms with van der Waals surface area (Å²) in [6.07, 6.45) is 2.18. The zero-order valence-electron chi connectivity index (χ0n) is 19.4. The van der Waals surface area contributed by atoms with Crippen molar-refractivity contribution in [1.29, 1.82) is 0 Å². The van der Waals surface area contributed by atoms with E-state index in [1.807, 2.05) is 26.8 Å². The lowest BCUT2D eigenvalue weighted by molar-refractivity contribution is -0.140. The van der Waals surface area contributed by atoms with Crippen LogP contribution in [-0.4, -0.2) is 132 Å². The third-order valence-electron chi connectivity index (χ3n) is 5.97. The Morgan fingerprint density at radius 3 is 1.94 bits per heavy atom. The molecule has 1 fully saturated rings. The summed E-state index contributed by atoms with van der Waals surface area (Å²) in [5.41, 5.74) is 7.42. The first-order valence-electron chi connectivity index (χ1n) is 11.4. The van der Waals surface area contributed by atoms with Crippen molar-refractivity contribution < 1.29 is 29.4 Å². The maximum atomic E-state index is 11.7. The topological polar surface area (TPSA) is 148 Å². The highest BCUT2D eigenvalue weighted by atomic mass is 16.4. The number of carbonyl (C=O) groups is 4. The van der Waals surface area contributed by atoms with E-state index < -0.39 is 11.9 Å². The lowest BCUT2D eigenvalue weighted by Crippen LogP contribution is -2.53. The smallest absolute Gasteiger partial charge is 0.317 e. The fourth-order valence-electron chi connectivity index (χ4n) is 4.16. The molecule has 34 heavy (non-hydrogen) atoms. The Labute approximate surface area is 199 Å². The van der Waals surface area contributed by atoms with Gasteiger partial charge in [-0.3, -0.25) is 29.2 Å². The van der Waals surface area contributed by atoms with E-state index in [0.717, 1.165) is 18.1 Å². The van der Waals surface area contributed by atoms with Gasteiger partial charge in [-0.05, 0) is 24.1 Å². The second kappa shape index (κ2) is 14.4. The summed E-state index contributed by atoms with van der Waals surface area (Å²) < 4.78 is 0. The fourth-order valence-corrected chi connectivity index (χ4v) is 4.16. The minimum Gasteiger partial charge on any atom is -0.480 e. The van der Waals surface area contributed by atoms with Crippen LogP contribution in [0.15, 0.2) is 24.3 Å². The number of nitrogen functional groups attached to an aromatic ring is 1. The molecule has 2 rings (SSSR count). The van der Waals surface area contributed by atoms with E-state index in [1.54, 1.807) is 17.0 Å². The Morgan fingerprint density at radius 2 is 1.35 bits per heavy atom. The molecule has 0 aromatic heterocycles. The largest absolute Gasteiger partial charge is 0.480 e. The number of anilines is 1. The monoisotopic (exact) mass is 477 g/mol. The number of hydrogen-bond acceptors (Lipinski definition) is 9. The van der Waals surface area contributed by atoms with E-state index in [0.29, 0.717) is 57.9 Å². The second-order valence-electron chi connectivity index (χ2n) is 8.53. The molecule has 11 nitrogen and oxygen atoms in total. The average Bonchev–Trinajstić information content (AvgIpc) is 2.77. The number of benzene rings is 1. The molecule has 11 heteroatoms. The van der Waals surface area contributed by atoms with Crippen LogP contribution in [0.4, 0.5) is 5.69 Å². The molecule has 1 aromatic rings. The van der Waals surface area contributed by atoms with Gasteiger partial charge in [0.1, 0.15) is 12.6 Å². The predicted octanol–water partition coefficient (Wildman–Crippen LogP) is -1.03. The van der Waals surface area contributed by atoms with Crippen molar-refractivity contribution >= 4 is 30.2 Å². The maximum absolute atomic E-state index is 11.7. The summed E-state index contributed by atoms with van der Waals surface area (Å²) in [4.78, 5) is 53.1. The number of aldehydes is 2. The number of carbonyl (C=O) groups excluding carboxylic acids is 2. The van der Waals surface area contributed by atoms with Crippen LogP contribution in [0.1, 0.15) is 5.56 Å². The van der Waals surface area contributed by atoms with Crippen LogP contribution >= 0.6 is 0 Å². The molecule has 0 spiro atoms. The van der Waals surface area contributed by atoms with Gasteiger partial charge in [-0.15, -0.1) is 0 Å². The number of carboxylic acid groups (broad SMARTS) is 2. The fraction of sp³-hybridized carbons (Fsp3) is 0.565. The summed E-state index contributed by atoms with van der Waals surface area (Å²) in [5.74, 6) is -1.94. The van der Waals surface area contributed by atoms with Crippen LogP contribution in [0.5, 0.6) is 0 Å². The molecule has 1 aromatic carbocycles. The SMILES string of the molecule is Nc1ccc(CC2CN(CC=O)CCN(CC=O)CCN(CC(=O)O)CCN2CC(=O)O)cc1. The third-order valence-corrected chi connectivity index (χ3v) is 5.97. The second-order valence-corrected chi connectivity index (χ2v) is 8.53. The minimum absolute atomic E-state index is 0.171. The van der Waals surface area contributed by atoms with Crippen LogP contribution in [0, 0.1) is 0 Å². The first-order valence-corrected chi connectivity index (χ1v) is 11.4. The highest BCUT2D eigenvalue weighted by molar-refractivity contribution is 5.69. The highest BCUT2D eigenvalue weighted by Gasteiger charge is 2.26. The first kappa shape index (κ1) is 27.4. The van der Waals surface area contributed by atoms with Crippen molar-refractivity contribution in [3.8, 4) is 0 Å². The van der Waals surface area contributed by atoms with E-state index >= 15 is 0 Å². The van der Waals surface area contributed by atoms with Gasteiger partial charge in [0.05, 0.1) is 26.2 Å². The molecule has 0 radical (unpaired) electrons. The molecule has 1 saturated heterocycles. The molecule has 0 saturated carbocycles. The van der Waals surface area contributed by atoms with Crippen molar-refractivity contribution in [1.82, 2.24) is 19.6 Å². The Kier molecular flexibility index (Phi) is 11.6. The number of hydrogen-bond donors (Lipinski definition) is 3. The van der Waals surface area contributed by atoms with E-state index in [2.05, 4.69) is 0 Å². The van der Waals surface area contributed by atoms with Crippen molar-refractivity contribution in [2.24, 2.45) is 0 Å². The minimum atomic E-state index is -0.974. The molecule has 1 atom stereocenters. The molecule has 1 aliphatic heterocycles. The van der Waals surface area contributed by atoms with Gasteiger partial charge in [-0.25, -0.2) is 0 Å². The van der Waals surface area contributed by atoms with Crippen LogP contribution in [0.25, 0.3) is 0 Å². The summed E-state index contributed by atoms with van der Waals surface area (Å²) in [5, 5.41) is 18.9. The Bertz CT molecular complexity index is 806. The van der Waals surface area contributed by atoms with Gasteiger partial charge < -0.3 is 25.5 Å². The third kappa shape index (κ3) is 9.96. The van der Waals surface area contributed by atoms with Gasteiger partial charge >= 0.3 is 11.9 Å². The van der Waals surface area contributed by atoms with E-state index in [1.165, 1.54) is 0 Å². The van der Waals surface area contributed by atoms with Crippen molar-refractivity contribution in [3.63, 3.8) is 0 Å². The van der Waals surface area contributed by atoms with Gasteiger partial charge in [0, 0.05) is 57.5 Å². The summed E-state index contributed by atoms with van der Waals surface area (Å²) in [6, 6.07) is 7.15. The van der Waals surface area contributed by atoms with E-state index in [4.69, 9.17) is 5.73 Å². The van der Waals surface area contributed by atoms with Crippen LogP contribution in [0.3, 0.4) is 0 Å². The molecule has 1 aliphatic rings. The molecule has 1 unspecified atom stereocenters. The first-order chi connectivity index (χ1) is 16.3. The van der Waals surface area contributed by atoms with Crippen LogP contribution in [-0.2, 0) is 25.6 Å². The van der Waals surface area contributed by atoms with Crippen LogP contribution in [0.2, 0.25) is 0 Å². The summed E-state index contributed by atoms with van der Waals surface area (Å²) >= 11 is 0. The highest BCUT2D eigenvalue weighted by Crippen LogP contribution is 2.14. The summed E-state index contributed by atoms with van der Waals surface area (Å²) in [7, 11) is 0. The zero-order valence-corrected chi connectivity index (χ0v) is 19.4. The standard InChI is InChI=1S/C23H35N5O6/c24-20-3-1-19(2-4-20)15-21-16-27(12-14-30)8-6-25(11-13-29)5-7-26(17-22(31)32)9-10-28(21)18-23(33)34/h1-4,13-14,21H,5-12,15-18,24H2,(H,31,32)(H,33,34). The Morgan fingerprint density at radius 1 is 0.824 bits per heavy atom. The molecule has 0 bridgehead atoms. The molecule has 1 heterocycles. The molecule has 4 N–H and O–H groups in total. The van der Waals surface area contributed by atoms with Gasteiger partial charge in [-0.1, -0.05) is 12.1 Å². The van der Waals surface area contributed by atoms with E-state index in [-0.39, 0.29) is 32.2 Å². The average molecular weight is 478 g/mol. The summed E-state index contributed by atoms with van der Waals surface area (Å²) in [6.45, 7) is 3.17. The van der Waals surface area contributed by atoms with Gasteiger partial charge in [0.2, 0.25) is 0 Å². The van der Waals surface area contributed by atoms with Gasteiger partial charge in [-0.2, -0.15) is 0 Å². The van der Waals surface area contributed by atoms with E-state index in [9.17, 15) is 29.4 Å². The van der Waals surface area contributed by atoms with Crippen molar-refractivity contribution in [2.75, 3.05) is 77.7 Å². The Balaban J connectivity index is 2.34. The lowest BCUT2D eigenvalue weighted by atomic mass is 10.0. The number of nitrogens with two attached hydrogens (primary N) is 1. The quantitative estimate of drug-likeness (QED) is 0.281.